The number of urea groups is 1. The van der Waals surface area contributed by atoms with Crippen LogP contribution in [0.5, 0.6) is 0 Å². The molecule has 0 saturated carbocycles. The fraction of sp³-hybridized carbons (Fsp3) is 0.750. The summed E-state index contributed by atoms with van der Waals surface area (Å²) < 4.78 is 8.25. The molecule has 1 heterocycles. The number of carbonyl (C=O) groups excluding carboxylic acids is 2. The molecule has 0 bridgehead atoms. The monoisotopic (exact) mass is 358 g/mol. The lowest BCUT2D eigenvalue weighted by Crippen LogP contribution is -2.52. The van der Waals surface area contributed by atoms with Crippen LogP contribution in [0.3, 0.4) is 0 Å². The molecule has 0 radical (unpaired) electrons. The van der Waals surface area contributed by atoms with E-state index in [4.69, 9.17) is 58.0 Å². The van der Waals surface area contributed by atoms with Gasteiger partial charge in [-0.25, -0.2) is 9.69 Å². The zero-order chi connectivity index (χ0) is 14.5. The van der Waals surface area contributed by atoms with Gasteiger partial charge in [-0.15, -0.1) is 0 Å². The lowest BCUT2D eigenvalue weighted by Gasteiger charge is -2.34. The maximum atomic E-state index is 13.7. The van der Waals surface area contributed by atoms with Crippen LogP contribution in [0.15, 0.2) is 0 Å². The van der Waals surface area contributed by atoms with Crippen molar-refractivity contribution in [2.24, 2.45) is 0 Å². The zero-order valence-corrected chi connectivity index (χ0v) is 13.0. The van der Waals surface area contributed by atoms with Gasteiger partial charge in [0.2, 0.25) is 0 Å². The molecule has 0 aromatic rings. The molecule has 1 rings (SSSR count). The van der Waals surface area contributed by atoms with E-state index in [2.05, 4.69) is 0 Å². The standard InChI is InChI=1S/C8H8Cl5FN2O2/c1-3-6(2)4(17)15(7(9,10)11)5(18)16(6)8(12,13)14/h3H2,1-2H3. The topological polar surface area (TPSA) is 40.6 Å². The first-order valence-corrected chi connectivity index (χ1v) is 6.58. The number of alkyl halides is 6. The largest absolute Gasteiger partial charge is 0.341 e. The van der Waals surface area contributed by atoms with E-state index < -0.39 is 26.1 Å². The zero-order valence-electron chi connectivity index (χ0n) is 9.19. The lowest BCUT2D eigenvalue weighted by atomic mass is 9.98. The van der Waals surface area contributed by atoms with E-state index in [0.29, 0.717) is 9.80 Å². The molecule has 0 N–H and O–H groups in total. The second-order valence-corrected chi connectivity index (χ2v) is 7.24. The second-order valence-electron chi connectivity index (χ2n) is 3.82. The first-order valence-electron chi connectivity index (χ1n) is 4.69. The third-order valence-corrected chi connectivity index (χ3v) is 3.58. The average Bonchev–Trinajstić information content (AvgIpc) is 2.32. The van der Waals surface area contributed by atoms with E-state index >= 15 is 0 Å². The molecule has 1 atom stereocenters. The molecule has 10 heteroatoms. The maximum absolute atomic E-state index is 13.7. The Kier molecular flexibility index (Phi) is 4.28. The van der Waals surface area contributed by atoms with Crippen LogP contribution >= 0.6 is 58.0 Å². The van der Waals surface area contributed by atoms with Crippen LogP contribution in [0.2, 0.25) is 0 Å². The number of nitrogens with zero attached hydrogens (tertiary/aromatic N) is 2. The van der Waals surface area contributed by atoms with Crippen LogP contribution in [-0.4, -0.2) is 35.9 Å². The Labute approximate surface area is 128 Å². The number of hydrogen-bond donors (Lipinski definition) is 0. The predicted octanol–water partition coefficient (Wildman–Crippen LogP) is 3.81. The number of carbonyl (C=O) groups is 2. The molecule has 1 fully saturated rings. The van der Waals surface area contributed by atoms with Gasteiger partial charge in [0.1, 0.15) is 5.54 Å². The van der Waals surface area contributed by atoms with E-state index in [0.717, 1.165) is 0 Å². The molecule has 18 heavy (non-hydrogen) atoms. The van der Waals surface area contributed by atoms with Crippen LogP contribution in [0.25, 0.3) is 0 Å². The Morgan fingerprint density at radius 2 is 1.67 bits per heavy atom. The van der Waals surface area contributed by atoms with Gasteiger partial charge in [-0.2, -0.15) is 4.39 Å². The third-order valence-electron chi connectivity index (χ3n) is 2.74. The molecular weight excluding hydrogens is 352 g/mol. The molecule has 4 nitrogen and oxygen atoms in total. The number of hydrogen-bond acceptors (Lipinski definition) is 2. The fourth-order valence-corrected chi connectivity index (χ4v) is 2.62. The first-order chi connectivity index (χ1) is 7.87. The molecular formula is C8H8Cl5FN2O2. The maximum Gasteiger partial charge on any atom is 0.341 e. The van der Waals surface area contributed by atoms with Gasteiger partial charge in [-0.05, 0) is 36.5 Å². The summed E-state index contributed by atoms with van der Waals surface area (Å²) in [5.74, 6) is -0.890. The van der Waals surface area contributed by atoms with Crippen molar-refractivity contribution in [3.8, 4) is 0 Å². The van der Waals surface area contributed by atoms with Crippen molar-refractivity contribution in [3.63, 3.8) is 0 Å². The van der Waals surface area contributed by atoms with Crippen LogP contribution in [0, 0.1) is 0 Å². The van der Waals surface area contributed by atoms with Gasteiger partial charge >= 0.3 is 10.7 Å². The van der Waals surface area contributed by atoms with E-state index in [1.165, 1.54) is 6.92 Å². The summed E-state index contributed by atoms with van der Waals surface area (Å²) in [5, 5.41) is 0. The molecule has 104 valence electrons. The van der Waals surface area contributed by atoms with Crippen molar-refractivity contribution in [2.75, 3.05) is 0 Å². The van der Waals surface area contributed by atoms with Crippen molar-refractivity contribution < 1.29 is 14.0 Å². The van der Waals surface area contributed by atoms with Crippen LogP contribution < -0.4 is 0 Å². The number of amides is 3. The van der Waals surface area contributed by atoms with Crippen LogP contribution in [0.1, 0.15) is 20.3 Å². The Bertz CT molecular complexity index is 394. The van der Waals surface area contributed by atoms with Gasteiger partial charge in [0, 0.05) is 0 Å². The smallest absolute Gasteiger partial charge is 0.271 e. The molecule has 1 aliphatic rings. The second kappa shape index (κ2) is 4.70. The minimum atomic E-state index is -3.10. The number of imide groups is 1. The summed E-state index contributed by atoms with van der Waals surface area (Å²) in [6.45, 7) is 2.82. The van der Waals surface area contributed by atoms with Crippen molar-refractivity contribution in [1.82, 2.24) is 9.80 Å². The molecule has 1 saturated heterocycles. The Hall–Kier alpha value is 0.320. The number of rotatable bonds is 2. The van der Waals surface area contributed by atoms with Gasteiger partial charge < -0.3 is 0 Å². The third kappa shape index (κ3) is 2.48. The van der Waals surface area contributed by atoms with Crippen molar-refractivity contribution in [3.05, 3.63) is 0 Å². The van der Waals surface area contributed by atoms with Gasteiger partial charge in [0.05, 0.1) is 0 Å². The van der Waals surface area contributed by atoms with Crippen LogP contribution in [0.4, 0.5) is 9.18 Å². The van der Waals surface area contributed by atoms with E-state index in [-0.39, 0.29) is 6.42 Å². The normalized spacial score (nSPS) is 26.2. The molecule has 3 amide bonds. The van der Waals surface area contributed by atoms with Crippen molar-refractivity contribution in [2.45, 2.75) is 34.4 Å². The van der Waals surface area contributed by atoms with Gasteiger partial charge in [0.25, 0.3) is 9.82 Å². The van der Waals surface area contributed by atoms with Crippen molar-refractivity contribution in [1.29, 1.82) is 0 Å². The minimum absolute atomic E-state index is 0.0416. The highest BCUT2D eigenvalue weighted by Crippen LogP contribution is 2.46. The van der Waals surface area contributed by atoms with Gasteiger partial charge in [0.15, 0.2) is 0 Å². The van der Waals surface area contributed by atoms with Crippen LogP contribution in [-0.2, 0) is 4.79 Å². The number of halogens is 6. The summed E-state index contributed by atoms with van der Waals surface area (Å²) >= 11 is 27.1. The first kappa shape index (κ1) is 16.4. The van der Waals surface area contributed by atoms with Crippen molar-refractivity contribution >= 4 is 69.9 Å². The molecule has 0 aromatic carbocycles. The van der Waals surface area contributed by atoms with E-state index in [9.17, 15) is 14.0 Å². The Balaban J connectivity index is 3.38. The van der Waals surface area contributed by atoms with Gasteiger partial charge in [-0.1, -0.05) is 41.7 Å². The lowest BCUT2D eigenvalue weighted by molar-refractivity contribution is -0.134. The molecule has 0 aromatic heterocycles. The summed E-state index contributed by atoms with van der Waals surface area (Å²) in [6.07, 6.45) is 0.0416. The predicted molar refractivity (Wildman–Crippen MR) is 68.6 cm³/mol. The Morgan fingerprint density at radius 3 is 1.89 bits per heavy atom. The van der Waals surface area contributed by atoms with E-state index in [1.807, 2.05) is 0 Å². The summed E-state index contributed by atoms with van der Waals surface area (Å²) in [6, 6.07) is -1.21. The molecule has 1 aliphatic heterocycles. The van der Waals surface area contributed by atoms with E-state index in [1.54, 1.807) is 6.92 Å². The highest BCUT2D eigenvalue weighted by molar-refractivity contribution is 6.68. The molecule has 0 aliphatic carbocycles. The summed E-state index contributed by atoms with van der Waals surface area (Å²) in [5.41, 5.74) is -1.63. The molecule has 1 unspecified atom stereocenters. The highest BCUT2D eigenvalue weighted by Gasteiger charge is 2.64. The molecule has 0 spiro atoms. The fourth-order valence-electron chi connectivity index (χ4n) is 1.66. The quantitative estimate of drug-likeness (QED) is 0.427. The highest BCUT2D eigenvalue weighted by atomic mass is 35.6. The Morgan fingerprint density at radius 1 is 1.22 bits per heavy atom. The summed E-state index contributed by atoms with van der Waals surface area (Å²) in [4.78, 5) is 24.7. The van der Waals surface area contributed by atoms with Gasteiger partial charge in [-0.3, -0.25) is 9.69 Å². The minimum Gasteiger partial charge on any atom is -0.271 e. The summed E-state index contributed by atoms with van der Waals surface area (Å²) in [7, 11) is 0. The average molecular weight is 360 g/mol. The SMILES string of the molecule is CCC1(C)C(=O)N(C(Cl)(Cl)Cl)C(=O)N1C(F)(Cl)Cl.